The predicted octanol–water partition coefficient (Wildman–Crippen LogP) is 2.55. The molecule has 9 nitrogen and oxygen atoms in total. The highest BCUT2D eigenvalue weighted by molar-refractivity contribution is 7.89. The summed E-state index contributed by atoms with van der Waals surface area (Å²) < 4.78 is 34.5. The quantitative estimate of drug-likeness (QED) is 0.587. The first-order valence-corrected chi connectivity index (χ1v) is 11.8. The normalized spacial score (nSPS) is 15.4. The van der Waals surface area contributed by atoms with Gasteiger partial charge in [0.2, 0.25) is 10.0 Å². The van der Waals surface area contributed by atoms with Gasteiger partial charge in [0.25, 0.3) is 5.91 Å². The Bertz CT molecular complexity index is 1190. The maximum absolute atomic E-state index is 13.1. The van der Waals surface area contributed by atoms with Crippen LogP contribution in [0.4, 0.5) is 0 Å². The number of nitrogens with zero attached hydrogens (tertiary/aromatic N) is 4. The molecule has 0 unspecified atom stereocenters. The van der Waals surface area contributed by atoms with Crippen LogP contribution < -0.4 is 10.1 Å². The zero-order valence-electron chi connectivity index (χ0n) is 17.9. The number of sulfonamides is 1. The summed E-state index contributed by atoms with van der Waals surface area (Å²) in [5, 5.41) is 7.02. The molecule has 10 heteroatoms. The zero-order chi connectivity index (χ0) is 22.7. The Morgan fingerprint density at radius 3 is 2.47 bits per heavy atom. The summed E-state index contributed by atoms with van der Waals surface area (Å²) in [5.74, 6) is -0.136. The van der Waals surface area contributed by atoms with Crippen molar-refractivity contribution in [1.82, 2.24) is 24.4 Å². The minimum absolute atomic E-state index is 0.0133. The number of carbonyl (C=O) groups is 1. The summed E-state index contributed by atoms with van der Waals surface area (Å²) in [7, 11) is -2.31. The maximum atomic E-state index is 13.1. The van der Waals surface area contributed by atoms with Gasteiger partial charge < -0.3 is 10.1 Å². The van der Waals surface area contributed by atoms with Gasteiger partial charge in [-0.3, -0.25) is 4.79 Å². The Hall–Kier alpha value is -3.24. The average Bonchev–Trinajstić information content (AvgIpc) is 3.53. The van der Waals surface area contributed by atoms with Crippen molar-refractivity contribution in [3.8, 4) is 11.4 Å². The van der Waals surface area contributed by atoms with E-state index in [1.54, 1.807) is 17.1 Å². The van der Waals surface area contributed by atoms with E-state index in [0.29, 0.717) is 13.1 Å². The largest absolute Gasteiger partial charge is 0.495 e. The molecule has 0 radical (unpaired) electrons. The van der Waals surface area contributed by atoms with Gasteiger partial charge in [0.1, 0.15) is 23.3 Å². The molecule has 1 aromatic heterocycles. The van der Waals surface area contributed by atoms with Crippen molar-refractivity contribution >= 4 is 15.9 Å². The third-order valence-corrected chi connectivity index (χ3v) is 7.45. The molecule has 0 spiro atoms. The SMILES string of the molecule is COc1ccc(C(=O)N[C@H](C)c2ccc(-n3cncn3)cc2)cc1S(=O)(=O)N1CCCC1. The van der Waals surface area contributed by atoms with E-state index in [4.69, 9.17) is 4.74 Å². The monoisotopic (exact) mass is 455 g/mol. The number of nitrogens with one attached hydrogen (secondary N) is 1. The molecule has 0 aliphatic carbocycles. The maximum Gasteiger partial charge on any atom is 0.251 e. The van der Waals surface area contributed by atoms with E-state index in [2.05, 4.69) is 15.4 Å². The third-order valence-electron chi connectivity index (χ3n) is 5.53. The molecule has 168 valence electrons. The fourth-order valence-electron chi connectivity index (χ4n) is 3.71. The zero-order valence-corrected chi connectivity index (χ0v) is 18.7. The van der Waals surface area contributed by atoms with Gasteiger partial charge >= 0.3 is 0 Å². The van der Waals surface area contributed by atoms with Gasteiger partial charge in [0.05, 0.1) is 18.8 Å². The number of carbonyl (C=O) groups excluding carboxylic acids is 1. The molecular formula is C22H25N5O4S. The number of benzene rings is 2. The molecule has 1 fully saturated rings. The van der Waals surface area contributed by atoms with Crippen LogP contribution in [0.3, 0.4) is 0 Å². The molecule has 1 saturated heterocycles. The van der Waals surface area contributed by atoms with Crippen molar-refractivity contribution in [3.05, 3.63) is 66.2 Å². The van der Waals surface area contributed by atoms with E-state index in [1.165, 1.54) is 29.9 Å². The molecule has 32 heavy (non-hydrogen) atoms. The molecule has 1 aliphatic rings. The summed E-state index contributed by atoms with van der Waals surface area (Å²) in [4.78, 5) is 16.8. The standard InChI is InChI=1S/C22H25N5O4S/c1-16(17-5-8-19(9-6-17)27-15-23-14-24-27)25-22(28)18-7-10-20(31-2)21(13-18)32(29,30)26-11-3-4-12-26/h5-10,13-16H,3-4,11-12H2,1-2H3,(H,25,28)/t16-/m1/s1. The van der Waals surface area contributed by atoms with Crippen LogP contribution in [0.15, 0.2) is 60.0 Å². The van der Waals surface area contributed by atoms with Crippen LogP contribution in [0, 0.1) is 0 Å². The van der Waals surface area contributed by atoms with E-state index in [0.717, 1.165) is 24.1 Å². The van der Waals surface area contributed by atoms with E-state index >= 15 is 0 Å². The Labute approximate surface area is 187 Å². The highest BCUT2D eigenvalue weighted by Gasteiger charge is 2.30. The smallest absolute Gasteiger partial charge is 0.251 e. The number of hydrogen-bond acceptors (Lipinski definition) is 6. The lowest BCUT2D eigenvalue weighted by molar-refractivity contribution is 0.0939. The Kier molecular flexibility index (Phi) is 6.24. The molecule has 1 aliphatic heterocycles. The van der Waals surface area contributed by atoms with E-state index in [-0.39, 0.29) is 28.2 Å². The van der Waals surface area contributed by atoms with E-state index < -0.39 is 10.0 Å². The first-order valence-electron chi connectivity index (χ1n) is 10.3. The van der Waals surface area contributed by atoms with Crippen LogP contribution in [0.1, 0.15) is 41.7 Å². The van der Waals surface area contributed by atoms with Gasteiger partial charge in [-0.1, -0.05) is 12.1 Å². The first kappa shape index (κ1) is 22.0. The van der Waals surface area contributed by atoms with E-state index in [1.807, 2.05) is 31.2 Å². The first-order chi connectivity index (χ1) is 15.4. The topological polar surface area (TPSA) is 106 Å². The number of methoxy groups -OCH3 is 1. The Balaban J connectivity index is 1.53. The minimum atomic E-state index is -3.73. The molecule has 1 N–H and O–H groups in total. The summed E-state index contributed by atoms with van der Waals surface area (Å²) >= 11 is 0. The Morgan fingerprint density at radius 2 is 1.84 bits per heavy atom. The van der Waals surface area contributed by atoms with Gasteiger partial charge in [-0.2, -0.15) is 9.40 Å². The second-order valence-corrected chi connectivity index (χ2v) is 9.51. The van der Waals surface area contributed by atoms with Crippen LogP contribution in [0.5, 0.6) is 5.75 Å². The highest BCUT2D eigenvalue weighted by atomic mass is 32.2. The fourth-order valence-corrected chi connectivity index (χ4v) is 5.41. The van der Waals surface area contributed by atoms with Gasteiger partial charge in [-0.05, 0) is 55.7 Å². The fraction of sp³-hybridized carbons (Fsp3) is 0.318. The van der Waals surface area contributed by atoms with Crippen molar-refractivity contribution in [2.45, 2.75) is 30.7 Å². The molecule has 2 heterocycles. The number of aromatic nitrogens is 3. The Morgan fingerprint density at radius 1 is 1.12 bits per heavy atom. The molecule has 0 saturated carbocycles. The van der Waals surface area contributed by atoms with Crippen molar-refractivity contribution in [2.24, 2.45) is 0 Å². The number of ether oxygens (including phenoxy) is 1. The summed E-state index contributed by atoms with van der Waals surface area (Å²) in [6.07, 6.45) is 4.73. The second-order valence-electron chi connectivity index (χ2n) is 7.60. The van der Waals surface area contributed by atoms with Crippen molar-refractivity contribution in [2.75, 3.05) is 20.2 Å². The molecular weight excluding hydrogens is 430 g/mol. The van der Waals surface area contributed by atoms with E-state index in [9.17, 15) is 13.2 Å². The lowest BCUT2D eigenvalue weighted by atomic mass is 10.1. The number of rotatable bonds is 7. The lowest BCUT2D eigenvalue weighted by Crippen LogP contribution is -2.29. The summed E-state index contributed by atoms with van der Waals surface area (Å²) in [5.41, 5.74) is 2.02. The lowest BCUT2D eigenvalue weighted by Gasteiger charge is -2.19. The predicted molar refractivity (Wildman–Crippen MR) is 118 cm³/mol. The molecule has 1 amide bonds. The third kappa shape index (κ3) is 4.37. The van der Waals surface area contributed by atoms with Gasteiger partial charge in [0.15, 0.2) is 0 Å². The van der Waals surface area contributed by atoms with Gasteiger partial charge in [-0.25, -0.2) is 18.1 Å². The molecule has 4 rings (SSSR count). The van der Waals surface area contributed by atoms with Crippen LogP contribution in [-0.2, 0) is 10.0 Å². The molecule has 1 atom stereocenters. The highest BCUT2D eigenvalue weighted by Crippen LogP contribution is 2.30. The van der Waals surface area contributed by atoms with Crippen LogP contribution in [-0.4, -0.2) is 53.6 Å². The number of hydrogen-bond donors (Lipinski definition) is 1. The average molecular weight is 456 g/mol. The van der Waals surface area contributed by atoms with Crippen molar-refractivity contribution in [3.63, 3.8) is 0 Å². The van der Waals surface area contributed by atoms with Crippen LogP contribution >= 0.6 is 0 Å². The number of amides is 1. The summed E-state index contributed by atoms with van der Waals surface area (Å²) in [6, 6.07) is 11.8. The van der Waals surface area contributed by atoms with Gasteiger partial charge in [-0.15, -0.1) is 0 Å². The summed E-state index contributed by atoms with van der Waals surface area (Å²) in [6.45, 7) is 2.82. The van der Waals surface area contributed by atoms with Crippen LogP contribution in [0.25, 0.3) is 5.69 Å². The molecule has 0 bridgehead atoms. The molecule has 2 aromatic carbocycles. The van der Waals surface area contributed by atoms with Gasteiger partial charge in [0, 0.05) is 18.7 Å². The molecule has 3 aromatic rings. The van der Waals surface area contributed by atoms with Crippen LogP contribution in [0.2, 0.25) is 0 Å². The van der Waals surface area contributed by atoms with Crippen molar-refractivity contribution < 1.29 is 17.9 Å². The van der Waals surface area contributed by atoms with Crippen molar-refractivity contribution in [1.29, 1.82) is 0 Å². The second kappa shape index (κ2) is 9.09. The minimum Gasteiger partial charge on any atom is -0.495 e.